The highest BCUT2D eigenvalue weighted by Crippen LogP contribution is 2.32. The van der Waals surface area contributed by atoms with Crippen LogP contribution in [-0.2, 0) is 6.18 Å². The van der Waals surface area contributed by atoms with Gasteiger partial charge in [-0.1, -0.05) is 23.5 Å². The SMILES string of the molecule is Cc1c(C(F)(F)F)nn(-c2nc3ccccc3s2)c(=O)c1NCCCO. The fourth-order valence-electron chi connectivity index (χ4n) is 2.46. The van der Waals surface area contributed by atoms with Crippen molar-refractivity contribution in [2.75, 3.05) is 18.5 Å². The van der Waals surface area contributed by atoms with Crippen LogP contribution in [0.5, 0.6) is 0 Å². The Morgan fingerprint density at radius 3 is 2.69 bits per heavy atom. The van der Waals surface area contributed by atoms with Crippen LogP contribution < -0.4 is 10.9 Å². The lowest BCUT2D eigenvalue weighted by molar-refractivity contribution is -0.142. The number of aliphatic hydroxyl groups is 1. The quantitative estimate of drug-likeness (QED) is 0.661. The van der Waals surface area contributed by atoms with Crippen LogP contribution in [0.15, 0.2) is 29.1 Å². The molecule has 2 N–H and O–H groups in total. The predicted molar refractivity (Wildman–Crippen MR) is 92.9 cm³/mol. The number of thiazole rings is 1. The van der Waals surface area contributed by atoms with Crippen LogP contribution in [0.1, 0.15) is 17.7 Å². The van der Waals surface area contributed by atoms with E-state index in [0.717, 1.165) is 16.0 Å². The third-order valence-electron chi connectivity index (χ3n) is 3.71. The Morgan fingerprint density at radius 2 is 2.04 bits per heavy atom. The molecule has 0 fully saturated rings. The van der Waals surface area contributed by atoms with Crippen LogP contribution in [-0.4, -0.2) is 33.0 Å². The van der Waals surface area contributed by atoms with Crippen LogP contribution in [0.3, 0.4) is 0 Å². The summed E-state index contributed by atoms with van der Waals surface area (Å²) in [6, 6.07) is 7.00. The van der Waals surface area contributed by atoms with E-state index in [0.29, 0.717) is 16.6 Å². The number of halogens is 3. The van der Waals surface area contributed by atoms with E-state index in [1.165, 1.54) is 6.92 Å². The summed E-state index contributed by atoms with van der Waals surface area (Å²) < 4.78 is 41.6. The zero-order chi connectivity index (χ0) is 18.9. The number of aromatic nitrogens is 3. The Labute approximate surface area is 149 Å². The number of hydrogen-bond donors (Lipinski definition) is 2. The molecule has 0 radical (unpaired) electrons. The van der Waals surface area contributed by atoms with Crippen molar-refractivity contribution in [3.63, 3.8) is 0 Å². The van der Waals surface area contributed by atoms with Crippen molar-refractivity contribution >= 4 is 27.2 Å². The summed E-state index contributed by atoms with van der Waals surface area (Å²) in [5.74, 6) is 0. The van der Waals surface area contributed by atoms with E-state index >= 15 is 0 Å². The van der Waals surface area contributed by atoms with Crippen molar-refractivity contribution in [1.29, 1.82) is 0 Å². The number of hydrogen-bond acceptors (Lipinski definition) is 6. The minimum absolute atomic E-state index is 0.0620. The average molecular weight is 384 g/mol. The number of aliphatic hydroxyl groups excluding tert-OH is 1. The minimum Gasteiger partial charge on any atom is -0.396 e. The standard InChI is InChI=1S/C16H15F3N4O2S/c1-9-12(20-7-4-8-24)14(25)23(22-13(9)16(17,18)19)15-21-10-5-2-3-6-11(10)26-15/h2-3,5-6,20,24H,4,7-8H2,1H3. The van der Waals surface area contributed by atoms with Crippen molar-refractivity contribution < 1.29 is 18.3 Å². The number of nitrogens with one attached hydrogen (secondary N) is 1. The molecule has 0 saturated heterocycles. The summed E-state index contributed by atoms with van der Waals surface area (Å²) in [5, 5.41) is 15.1. The second-order valence-corrected chi connectivity index (χ2v) is 6.54. The molecule has 0 bridgehead atoms. The van der Waals surface area contributed by atoms with Crippen molar-refractivity contribution in [3.05, 3.63) is 45.9 Å². The van der Waals surface area contributed by atoms with Crippen molar-refractivity contribution in [2.45, 2.75) is 19.5 Å². The third-order valence-corrected chi connectivity index (χ3v) is 4.72. The fraction of sp³-hybridized carbons (Fsp3) is 0.312. The molecule has 0 aliphatic carbocycles. The first-order valence-corrected chi connectivity index (χ1v) is 8.56. The lowest BCUT2D eigenvalue weighted by Crippen LogP contribution is -2.30. The molecule has 0 unspecified atom stereocenters. The van der Waals surface area contributed by atoms with E-state index in [1.54, 1.807) is 24.3 Å². The van der Waals surface area contributed by atoms with Crippen LogP contribution >= 0.6 is 11.3 Å². The Kier molecular flexibility index (Phi) is 4.97. The van der Waals surface area contributed by atoms with Gasteiger partial charge in [-0.25, -0.2) is 4.98 Å². The summed E-state index contributed by atoms with van der Waals surface area (Å²) in [5.41, 5.74) is -1.77. The van der Waals surface area contributed by atoms with Crippen LogP contribution in [0.25, 0.3) is 15.3 Å². The van der Waals surface area contributed by atoms with Crippen LogP contribution in [0.2, 0.25) is 0 Å². The van der Waals surface area contributed by atoms with Gasteiger partial charge in [-0.15, -0.1) is 0 Å². The van der Waals surface area contributed by atoms with Gasteiger partial charge in [0.25, 0.3) is 5.56 Å². The highest BCUT2D eigenvalue weighted by Gasteiger charge is 2.37. The van der Waals surface area contributed by atoms with E-state index in [-0.39, 0.29) is 29.5 Å². The van der Waals surface area contributed by atoms with E-state index < -0.39 is 17.4 Å². The maximum atomic E-state index is 13.4. The number of benzene rings is 1. The smallest absolute Gasteiger partial charge is 0.396 e. The second kappa shape index (κ2) is 7.04. The van der Waals surface area contributed by atoms with Crippen molar-refractivity contribution in [3.8, 4) is 5.13 Å². The van der Waals surface area contributed by atoms with E-state index in [2.05, 4.69) is 15.4 Å². The van der Waals surface area contributed by atoms with Gasteiger partial charge in [-0.05, 0) is 25.5 Å². The normalized spacial score (nSPS) is 11.9. The Balaban J connectivity index is 2.20. The first-order chi connectivity index (χ1) is 12.3. The van der Waals surface area contributed by atoms with Gasteiger partial charge in [0.05, 0.1) is 10.2 Å². The molecule has 0 atom stereocenters. The van der Waals surface area contributed by atoms with Gasteiger partial charge >= 0.3 is 6.18 Å². The van der Waals surface area contributed by atoms with Gasteiger partial charge in [0.2, 0.25) is 5.13 Å². The highest BCUT2D eigenvalue weighted by molar-refractivity contribution is 7.20. The lowest BCUT2D eigenvalue weighted by Gasteiger charge is -2.15. The molecule has 0 aliphatic rings. The molecule has 2 heterocycles. The predicted octanol–water partition coefficient (Wildman–Crippen LogP) is 2.96. The van der Waals surface area contributed by atoms with Gasteiger partial charge < -0.3 is 10.4 Å². The first-order valence-electron chi connectivity index (χ1n) is 7.74. The summed E-state index contributed by atoms with van der Waals surface area (Å²) in [6.07, 6.45) is -4.42. The zero-order valence-corrected chi connectivity index (χ0v) is 14.5. The lowest BCUT2D eigenvalue weighted by atomic mass is 10.2. The molecule has 1 aromatic carbocycles. The van der Waals surface area contributed by atoms with Crippen molar-refractivity contribution in [2.24, 2.45) is 0 Å². The second-order valence-electron chi connectivity index (χ2n) is 5.53. The largest absolute Gasteiger partial charge is 0.435 e. The number of alkyl halides is 3. The molecule has 2 aromatic heterocycles. The molecule has 0 saturated carbocycles. The topological polar surface area (TPSA) is 80.0 Å². The maximum absolute atomic E-state index is 13.4. The molecular formula is C16H15F3N4O2S. The molecule has 26 heavy (non-hydrogen) atoms. The van der Waals surface area contributed by atoms with E-state index in [4.69, 9.17) is 5.11 Å². The summed E-state index contributed by atoms with van der Waals surface area (Å²) in [4.78, 5) is 16.9. The Hall–Kier alpha value is -2.46. The van der Waals surface area contributed by atoms with Gasteiger partial charge in [-0.2, -0.15) is 23.0 Å². The highest BCUT2D eigenvalue weighted by atomic mass is 32.1. The van der Waals surface area contributed by atoms with Gasteiger partial charge in [0.1, 0.15) is 5.69 Å². The molecule has 0 spiro atoms. The van der Waals surface area contributed by atoms with Crippen LogP contribution in [0, 0.1) is 6.92 Å². The molecule has 6 nitrogen and oxygen atoms in total. The van der Waals surface area contributed by atoms with Gasteiger partial charge in [0.15, 0.2) is 5.69 Å². The molecule has 3 aromatic rings. The first kappa shape index (κ1) is 18.3. The third kappa shape index (κ3) is 3.42. The fourth-order valence-corrected chi connectivity index (χ4v) is 3.37. The summed E-state index contributed by atoms with van der Waals surface area (Å²) in [7, 11) is 0. The summed E-state index contributed by atoms with van der Waals surface area (Å²) >= 11 is 1.08. The molecule has 10 heteroatoms. The van der Waals surface area contributed by atoms with Gasteiger partial charge in [0, 0.05) is 18.7 Å². The molecular weight excluding hydrogens is 369 g/mol. The molecule has 138 valence electrons. The number of nitrogens with zero attached hydrogens (tertiary/aromatic N) is 3. The van der Waals surface area contributed by atoms with Crippen LogP contribution in [0.4, 0.5) is 18.9 Å². The van der Waals surface area contributed by atoms with E-state index in [9.17, 15) is 18.0 Å². The zero-order valence-electron chi connectivity index (χ0n) is 13.7. The average Bonchev–Trinajstić information content (AvgIpc) is 3.00. The van der Waals surface area contributed by atoms with E-state index in [1.807, 2.05) is 0 Å². The number of fused-ring (bicyclic) bond motifs is 1. The van der Waals surface area contributed by atoms with Crippen molar-refractivity contribution in [1.82, 2.24) is 14.8 Å². The Bertz CT molecular complexity index is 964. The molecule has 0 aliphatic heterocycles. The Morgan fingerprint density at radius 1 is 1.31 bits per heavy atom. The molecule has 0 amide bonds. The monoisotopic (exact) mass is 384 g/mol. The minimum atomic E-state index is -4.72. The molecule has 3 rings (SSSR count). The number of anilines is 1. The number of rotatable bonds is 5. The van der Waals surface area contributed by atoms with Gasteiger partial charge in [-0.3, -0.25) is 4.79 Å². The maximum Gasteiger partial charge on any atom is 0.435 e. The number of para-hydroxylation sites is 1. The summed E-state index contributed by atoms with van der Waals surface area (Å²) in [6.45, 7) is 1.21.